The molecule has 1 aromatic carbocycles. The van der Waals surface area contributed by atoms with Gasteiger partial charge < -0.3 is 4.90 Å². The molecule has 19 heavy (non-hydrogen) atoms. The van der Waals surface area contributed by atoms with Crippen LogP contribution < -0.4 is 4.90 Å². The number of anilines is 1. The molecule has 0 spiro atoms. The monoisotopic (exact) mass is 269 g/mol. The van der Waals surface area contributed by atoms with Crippen LogP contribution in [0.25, 0.3) is 6.08 Å². The quantitative estimate of drug-likeness (QED) is 0.761. The average Bonchev–Trinajstić information content (AvgIpc) is 3.02. The Kier molecular flexibility index (Phi) is 3.22. The van der Waals surface area contributed by atoms with Gasteiger partial charge in [-0.2, -0.15) is 0 Å². The summed E-state index contributed by atoms with van der Waals surface area (Å²) in [4.78, 5) is 15.4. The van der Waals surface area contributed by atoms with Crippen LogP contribution in [0, 0.1) is 0 Å². The van der Waals surface area contributed by atoms with E-state index in [1.54, 1.807) is 17.4 Å². The Balaban J connectivity index is 1.84. The molecule has 1 amide bonds. The lowest BCUT2D eigenvalue weighted by atomic mass is 10.1. The molecule has 1 atom stereocenters. The van der Waals surface area contributed by atoms with E-state index in [2.05, 4.69) is 13.0 Å². The van der Waals surface area contributed by atoms with Crippen LogP contribution in [-0.2, 0) is 11.2 Å². The Morgan fingerprint density at radius 2 is 2.16 bits per heavy atom. The zero-order valence-corrected chi connectivity index (χ0v) is 11.6. The van der Waals surface area contributed by atoms with Crippen molar-refractivity contribution < 1.29 is 4.79 Å². The Morgan fingerprint density at radius 1 is 1.32 bits per heavy atom. The second-order valence-corrected chi connectivity index (χ2v) is 5.72. The minimum atomic E-state index is 0.0610. The summed E-state index contributed by atoms with van der Waals surface area (Å²) in [7, 11) is 0. The molecule has 0 bridgehead atoms. The molecule has 1 aliphatic heterocycles. The van der Waals surface area contributed by atoms with Crippen LogP contribution in [0.3, 0.4) is 0 Å². The van der Waals surface area contributed by atoms with Gasteiger partial charge in [-0.25, -0.2) is 0 Å². The minimum Gasteiger partial charge on any atom is -0.305 e. The Hall–Kier alpha value is -1.87. The molecule has 0 aliphatic carbocycles. The maximum atomic E-state index is 12.4. The number of carbonyl (C=O) groups is 1. The van der Waals surface area contributed by atoms with E-state index in [4.69, 9.17) is 0 Å². The van der Waals surface area contributed by atoms with Crippen LogP contribution >= 0.6 is 11.3 Å². The van der Waals surface area contributed by atoms with Crippen LogP contribution in [-0.4, -0.2) is 11.9 Å². The minimum absolute atomic E-state index is 0.0610. The summed E-state index contributed by atoms with van der Waals surface area (Å²) in [5.41, 5.74) is 2.31. The highest BCUT2D eigenvalue weighted by Crippen LogP contribution is 2.32. The van der Waals surface area contributed by atoms with Crippen LogP contribution in [0.1, 0.15) is 17.4 Å². The van der Waals surface area contributed by atoms with Gasteiger partial charge in [0.25, 0.3) is 5.91 Å². The lowest BCUT2D eigenvalue weighted by Crippen LogP contribution is -2.34. The predicted molar refractivity (Wildman–Crippen MR) is 80.4 cm³/mol. The molecule has 1 aliphatic rings. The molecule has 0 fully saturated rings. The molecule has 0 saturated heterocycles. The molecule has 0 N–H and O–H groups in total. The van der Waals surface area contributed by atoms with Crippen molar-refractivity contribution in [1.29, 1.82) is 0 Å². The molecular weight excluding hydrogens is 254 g/mol. The van der Waals surface area contributed by atoms with Crippen molar-refractivity contribution in [3.05, 3.63) is 58.3 Å². The highest BCUT2D eigenvalue weighted by Gasteiger charge is 2.29. The van der Waals surface area contributed by atoms with E-state index < -0.39 is 0 Å². The average molecular weight is 269 g/mol. The number of hydrogen-bond acceptors (Lipinski definition) is 2. The normalized spacial score (nSPS) is 17.9. The van der Waals surface area contributed by atoms with E-state index in [9.17, 15) is 4.79 Å². The third-order valence-corrected chi connectivity index (χ3v) is 4.22. The topological polar surface area (TPSA) is 20.3 Å². The molecule has 2 nitrogen and oxygen atoms in total. The van der Waals surface area contributed by atoms with Gasteiger partial charge in [0, 0.05) is 22.7 Å². The Bertz CT molecular complexity index is 615. The summed E-state index contributed by atoms with van der Waals surface area (Å²) in [5.74, 6) is 0.0610. The Labute approximate surface area is 117 Å². The van der Waals surface area contributed by atoms with Crippen molar-refractivity contribution in [3.8, 4) is 0 Å². The van der Waals surface area contributed by atoms with Gasteiger partial charge in [-0.05, 0) is 42.5 Å². The number of amides is 1. The van der Waals surface area contributed by atoms with E-state index in [-0.39, 0.29) is 11.9 Å². The number of benzene rings is 1. The second kappa shape index (κ2) is 5.02. The van der Waals surface area contributed by atoms with Crippen molar-refractivity contribution in [1.82, 2.24) is 0 Å². The molecule has 0 radical (unpaired) electrons. The SMILES string of the molecule is C[C@H]1Cc2ccccc2N1C(=O)/C=C/c1cccs1. The first-order valence-corrected chi connectivity index (χ1v) is 7.26. The fraction of sp³-hybridized carbons (Fsp3) is 0.188. The summed E-state index contributed by atoms with van der Waals surface area (Å²) in [6.07, 6.45) is 4.50. The Morgan fingerprint density at radius 3 is 2.95 bits per heavy atom. The van der Waals surface area contributed by atoms with Crippen molar-refractivity contribution in [2.75, 3.05) is 4.90 Å². The standard InChI is InChI=1S/C16H15NOS/c1-12-11-13-5-2-3-7-15(13)17(12)16(18)9-8-14-6-4-10-19-14/h2-10,12H,11H2,1H3/b9-8+/t12-/m0/s1. The molecule has 3 heteroatoms. The number of carbonyl (C=O) groups excluding carboxylic acids is 1. The highest BCUT2D eigenvalue weighted by molar-refractivity contribution is 7.10. The maximum Gasteiger partial charge on any atom is 0.251 e. The van der Waals surface area contributed by atoms with Gasteiger partial charge >= 0.3 is 0 Å². The van der Waals surface area contributed by atoms with Crippen LogP contribution in [0.5, 0.6) is 0 Å². The zero-order chi connectivity index (χ0) is 13.2. The van der Waals surface area contributed by atoms with Gasteiger partial charge in [-0.15, -0.1) is 11.3 Å². The van der Waals surface area contributed by atoms with Gasteiger partial charge in [-0.1, -0.05) is 24.3 Å². The maximum absolute atomic E-state index is 12.4. The van der Waals surface area contributed by atoms with E-state index in [1.807, 2.05) is 46.7 Å². The molecule has 1 aromatic heterocycles. The molecule has 3 rings (SSSR count). The third kappa shape index (κ3) is 2.34. The second-order valence-electron chi connectivity index (χ2n) is 4.74. The first-order chi connectivity index (χ1) is 9.25. The number of hydrogen-bond donors (Lipinski definition) is 0. The first kappa shape index (κ1) is 12.2. The molecule has 0 unspecified atom stereocenters. The van der Waals surface area contributed by atoms with Crippen LogP contribution in [0.15, 0.2) is 47.9 Å². The van der Waals surface area contributed by atoms with E-state index >= 15 is 0 Å². The van der Waals surface area contributed by atoms with Crippen molar-refractivity contribution >= 4 is 29.0 Å². The van der Waals surface area contributed by atoms with E-state index in [0.29, 0.717) is 0 Å². The predicted octanol–water partition coefficient (Wildman–Crippen LogP) is 3.74. The zero-order valence-electron chi connectivity index (χ0n) is 10.7. The van der Waals surface area contributed by atoms with Crippen molar-refractivity contribution in [2.45, 2.75) is 19.4 Å². The lowest BCUT2D eigenvalue weighted by Gasteiger charge is -2.20. The fourth-order valence-electron chi connectivity index (χ4n) is 2.52. The molecule has 96 valence electrons. The van der Waals surface area contributed by atoms with Gasteiger partial charge in [0.15, 0.2) is 0 Å². The van der Waals surface area contributed by atoms with E-state index in [1.165, 1.54) is 5.56 Å². The third-order valence-electron chi connectivity index (χ3n) is 3.38. The van der Waals surface area contributed by atoms with Crippen LogP contribution in [0.2, 0.25) is 0 Å². The molecule has 0 saturated carbocycles. The first-order valence-electron chi connectivity index (χ1n) is 6.38. The summed E-state index contributed by atoms with van der Waals surface area (Å²) in [6, 6.07) is 12.4. The number of nitrogens with zero attached hydrogens (tertiary/aromatic N) is 1. The molecule has 2 heterocycles. The fourth-order valence-corrected chi connectivity index (χ4v) is 3.14. The lowest BCUT2D eigenvalue weighted by molar-refractivity contribution is -0.114. The van der Waals surface area contributed by atoms with Crippen molar-refractivity contribution in [3.63, 3.8) is 0 Å². The summed E-state index contributed by atoms with van der Waals surface area (Å²) in [6.45, 7) is 2.09. The van der Waals surface area contributed by atoms with Crippen LogP contribution in [0.4, 0.5) is 5.69 Å². The highest BCUT2D eigenvalue weighted by atomic mass is 32.1. The summed E-state index contributed by atoms with van der Waals surface area (Å²) >= 11 is 1.64. The van der Waals surface area contributed by atoms with E-state index in [0.717, 1.165) is 17.0 Å². The van der Waals surface area contributed by atoms with Gasteiger partial charge in [0.1, 0.15) is 0 Å². The van der Waals surface area contributed by atoms with Crippen molar-refractivity contribution in [2.24, 2.45) is 0 Å². The molecule has 2 aromatic rings. The summed E-state index contributed by atoms with van der Waals surface area (Å²) < 4.78 is 0. The number of rotatable bonds is 2. The van der Waals surface area contributed by atoms with Gasteiger partial charge in [0.05, 0.1) is 0 Å². The largest absolute Gasteiger partial charge is 0.305 e. The number of fused-ring (bicyclic) bond motifs is 1. The summed E-state index contributed by atoms with van der Waals surface area (Å²) in [5, 5.41) is 2.01. The number of para-hydroxylation sites is 1. The van der Waals surface area contributed by atoms with Gasteiger partial charge in [0.2, 0.25) is 0 Å². The molecular formula is C16H15NOS. The van der Waals surface area contributed by atoms with Gasteiger partial charge in [-0.3, -0.25) is 4.79 Å². The smallest absolute Gasteiger partial charge is 0.251 e. The number of thiophene rings is 1.